The van der Waals surface area contributed by atoms with Crippen LogP contribution in [0.15, 0.2) is 12.4 Å². The first-order valence-electron chi connectivity index (χ1n) is 5.18. The Morgan fingerprint density at radius 2 is 2.59 bits per heavy atom. The molecule has 1 aromatic heterocycles. The molecular formula is C11H16N4O2. The maximum Gasteiger partial charge on any atom is 0.242 e. The van der Waals surface area contributed by atoms with Gasteiger partial charge in [0.2, 0.25) is 5.91 Å². The highest BCUT2D eigenvalue weighted by Gasteiger charge is 2.12. The lowest BCUT2D eigenvalue weighted by atomic mass is 10.2. The number of ether oxygens (including phenoxy) is 1. The smallest absolute Gasteiger partial charge is 0.242 e. The number of methoxy groups -OCH3 is 1. The van der Waals surface area contributed by atoms with E-state index in [9.17, 15) is 4.79 Å². The van der Waals surface area contributed by atoms with Crippen LogP contribution in [0.5, 0.6) is 0 Å². The van der Waals surface area contributed by atoms with Crippen LogP contribution >= 0.6 is 0 Å². The third-order valence-electron chi connectivity index (χ3n) is 2.10. The maximum atomic E-state index is 11.5. The predicted octanol–water partition coefficient (Wildman–Crippen LogP) is -0.181. The number of aromatic nitrogens is 2. The second kappa shape index (κ2) is 6.68. The molecule has 0 fully saturated rings. The number of rotatable bonds is 6. The summed E-state index contributed by atoms with van der Waals surface area (Å²) in [6, 6.07) is -0.692. The molecule has 0 bridgehead atoms. The highest BCUT2D eigenvalue weighted by atomic mass is 16.5. The number of carbonyl (C=O) groups is 1. The van der Waals surface area contributed by atoms with Crippen molar-refractivity contribution in [2.24, 2.45) is 5.73 Å². The Labute approximate surface area is 100 Å². The predicted molar refractivity (Wildman–Crippen MR) is 64.2 cm³/mol. The molecule has 1 amide bonds. The highest BCUT2D eigenvalue weighted by Crippen LogP contribution is 2.05. The van der Waals surface area contributed by atoms with E-state index in [0.29, 0.717) is 18.8 Å². The monoisotopic (exact) mass is 236 g/mol. The van der Waals surface area contributed by atoms with E-state index >= 15 is 0 Å². The van der Waals surface area contributed by atoms with Crippen molar-refractivity contribution in [2.75, 3.05) is 19.0 Å². The summed E-state index contributed by atoms with van der Waals surface area (Å²) >= 11 is 0. The molecule has 1 heterocycles. The molecule has 0 aliphatic heterocycles. The van der Waals surface area contributed by atoms with Gasteiger partial charge >= 0.3 is 0 Å². The van der Waals surface area contributed by atoms with Crippen LogP contribution in [0.2, 0.25) is 0 Å². The summed E-state index contributed by atoms with van der Waals surface area (Å²) in [5.41, 5.74) is 6.16. The Balaban J connectivity index is 2.49. The summed E-state index contributed by atoms with van der Waals surface area (Å²) in [6.45, 7) is 1.19. The van der Waals surface area contributed by atoms with Crippen molar-refractivity contribution in [3.63, 3.8) is 0 Å². The van der Waals surface area contributed by atoms with E-state index in [1.54, 1.807) is 24.2 Å². The Bertz CT molecular complexity index is 408. The van der Waals surface area contributed by atoms with Crippen LogP contribution in [0.4, 0.5) is 5.69 Å². The van der Waals surface area contributed by atoms with Crippen molar-refractivity contribution in [1.29, 1.82) is 0 Å². The summed E-state index contributed by atoms with van der Waals surface area (Å²) in [5, 5.41) is 6.69. The zero-order valence-electron chi connectivity index (χ0n) is 9.72. The molecule has 0 saturated heterocycles. The normalized spacial score (nSPS) is 11.8. The van der Waals surface area contributed by atoms with Crippen LogP contribution in [0, 0.1) is 12.3 Å². The molecular weight excluding hydrogens is 220 g/mol. The molecule has 0 spiro atoms. The Hall–Kier alpha value is -1.84. The van der Waals surface area contributed by atoms with E-state index in [1.807, 2.05) is 0 Å². The Morgan fingerprint density at radius 3 is 3.24 bits per heavy atom. The number of terminal acetylenes is 1. The van der Waals surface area contributed by atoms with E-state index in [4.69, 9.17) is 16.9 Å². The van der Waals surface area contributed by atoms with Crippen LogP contribution in [0.1, 0.15) is 6.42 Å². The number of anilines is 1. The lowest BCUT2D eigenvalue weighted by Crippen LogP contribution is -2.35. The first-order valence-corrected chi connectivity index (χ1v) is 5.18. The van der Waals surface area contributed by atoms with Gasteiger partial charge in [0.15, 0.2) is 0 Å². The van der Waals surface area contributed by atoms with Gasteiger partial charge in [0.25, 0.3) is 0 Å². The van der Waals surface area contributed by atoms with E-state index in [1.165, 1.54) is 0 Å². The van der Waals surface area contributed by atoms with Crippen LogP contribution < -0.4 is 11.1 Å². The number of nitrogens with one attached hydrogen (secondary N) is 1. The maximum absolute atomic E-state index is 11.5. The standard InChI is InChI=1S/C11H16N4O2/c1-3-4-10(12)11(16)14-9-7-13-15(8-9)5-6-17-2/h1,7-8,10H,4-6,12H2,2H3,(H,14,16). The van der Waals surface area contributed by atoms with Gasteiger partial charge < -0.3 is 15.8 Å². The lowest BCUT2D eigenvalue weighted by Gasteiger charge is -2.07. The van der Waals surface area contributed by atoms with E-state index < -0.39 is 6.04 Å². The fourth-order valence-corrected chi connectivity index (χ4v) is 1.19. The molecule has 1 aromatic rings. The molecule has 0 saturated carbocycles. The van der Waals surface area contributed by atoms with Gasteiger partial charge in [-0.3, -0.25) is 9.48 Å². The summed E-state index contributed by atoms with van der Waals surface area (Å²) in [6.07, 6.45) is 8.55. The number of carbonyl (C=O) groups excluding carboxylic acids is 1. The van der Waals surface area contributed by atoms with Gasteiger partial charge in [0.1, 0.15) is 0 Å². The minimum absolute atomic E-state index is 0.212. The summed E-state index contributed by atoms with van der Waals surface area (Å²) in [7, 11) is 1.62. The van der Waals surface area contributed by atoms with Gasteiger partial charge in [-0.05, 0) is 0 Å². The molecule has 0 radical (unpaired) electrons. The first-order chi connectivity index (χ1) is 8.17. The van der Waals surface area contributed by atoms with Crippen molar-refractivity contribution in [3.8, 4) is 12.3 Å². The topological polar surface area (TPSA) is 82.2 Å². The summed E-state index contributed by atoms with van der Waals surface area (Å²) < 4.78 is 6.59. The van der Waals surface area contributed by atoms with Gasteiger partial charge in [0.05, 0.1) is 31.1 Å². The van der Waals surface area contributed by atoms with Crippen LogP contribution in [0.25, 0.3) is 0 Å². The van der Waals surface area contributed by atoms with Gasteiger partial charge in [0, 0.05) is 19.7 Å². The minimum atomic E-state index is -0.692. The molecule has 1 unspecified atom stereocenters. The van der Waals surface area contributed by atoms with Gasteiger partial charge in [-0.1, -0.05) is 0 Å². The van der Waals surface area contributed by atoms with Crippen LogP contribution in [0.3, 0.4) is 0 Å². The first kappa shape index (κ1) is 13.2. The molecule has 0 aromatic carbocycles. The lowest BCUT2D eigenvalue weighted by molar-refractivity contribution is -0.117. The van der Waals surface area contributed by atoms with Gasteiger partial charge in [-0.15, -0.1) is 12.3 Å². The average molecular weight is 236 g/mol. The van der Waals surface area contributed by atoms with Crippen molar-refractivity contribution < 1.29 is 9.53 Å². The van der Waals surface area contributed by atoms with E-state index in [2.05, 4.69) is 16.3 Å². The van der Waals surface area contributed by atoms with Crippen LogP contribution in [-0.2, 0) is 16.1 Å². The van der Waals surface area contributed by atoms with Gasteiger partial charge in [-0.2, -0.15) is 5.10 Å². The third-order valence-corrected chi connectivity index (χ3v) is 2.10. The second-order valence-electron chi connectivity index (χ2n) is 3.49. The molecule has 1 rings (SSSR count). The minimum Gasteiger partial charge on any atom is -0.383 e. The Kier molecular flexibility index (Phi) is 5.20. The third kappa shape index (κ3) is 4.26. The molecule has 92 valence electrons. The summed E-state index contributed by atoms with van der Waals surface area (Å²) in [5.74, 6) is 2.03. The second-order valence-corrected chi connectivity index (χ2v) is 3.49. The highest BCUT2D eigenvalue weighted by molar-refractivity contribution is 5.94. The Morgan fingerprint density at radius 1 is 1.82 bits per heavy atom. The zero-order valence-corrected chi connectivity index (χ0v) is 9.72. The fraction of sp³-hybridized carbons (Fsp3) is 0.455. The molecule has 0 aliphatic rings. The number of hydrogen-bond donors (Lipinski definition) is 2. The quantitative estimate of drug-likeness (QED) is 0.671. The zero-order chi connectivity index (χ0) is 12.7. The number of nitrogens with zero attached hydrogens (tertiary/aromatic N) is 2. The van der Waals surface area contributed by atoms with E-state index in [-0.39, 0.29) is 12.3 Å². The van der Waals surface area contributed by atoms with Crippen molar-refractivity contribution in [3.05, 3.63) is 12.4 Å². The fourth-order valence-electron chi connectivity index (χ4n) is 1.19. The molecule has 6 heteroatoms. The van der Waals surface area contributed by atoms with Crippen LogP contribution in [-0.4, -0.2) is 35.4 Å². The van der Waals surface area contributed by atoms with E-state index in [0.717, 1.165) is 0 Å². The molecule has 3 N–H and O–H groups in total. The SMILES string of the molecule is C#CCC(N)C(=O)Nc1cnn(CCOC)c1. The van der Waals surface area contributed by atoms with Crippen molar-refractivity contribution in [1.82, 2.24) is 9.78 Å². The van der Waals surface area contributed by atoms with Crippen molar-refractivity contribution >= 4 is 11.6 Å². The molecule has 1 atom stereocenters. The number of amides is 1. The molecule has 0 aliphatic carbocycles. The number of hydrogen-bond acceptors (Lipinski definition) is 4. The van der Waals surface area contributed by atoms with Gasteiger partial charge in [-0.25, -0.2) is 0 Å². The van der Waals surface area contributed by atoms with Crippen molar-refractivity contribution in [2.45, 2.75) is 19.0 Å². The largest absolute Gasteiger partial charge is 0.383 e. The average Bonchev–Trinajstić information content (AvgIpc) is 2.74. The molecule has 17 heavy (non-hydrogen) atoms. The molecule has 6 nitrogen and oxygen atoms in total. The number of nitrogens with two attached hydrogens (primary N) is 1. The summed E-state index contributed by atoms with van der Waals surface area (Å²) in [4.78, 5) is 11.5.